The summed E-state index contributed by atoms with van der Waals surface area (Å²) in [5.74, 6) is -0.375. The Morgan fingerprint density at radius 1 is 1.14 bits per heavy atom. The molecule has 1 N–H and O–H groups in total. The Morgan fingerprint density at radius 3 is 2.62 bits per heavy atom. The normalized spacial score (nSPS) is 16.3. The van der Waals surface area contributed by atoms with Gasteiger partial charge in [0.2, 0.25) is 5.91 Å². The number of aromatic amines is 1. The highest BCUT2D eigenvalue weighted by Crippen LogP contribution is 2.31. The third kappa shape index (κ3) is 3.84. The molecule has 1 amide bonds. The Kier molecular flexibility index (Phi) is 5.50. The van der Waals surface area contributed by atoms with Crippen LogP contribution in [0.25, 0.3) is 21.8 Å². The Morgan fingerprint density at radius 2 is 1.90 bits per heavy atom. The number of carbonyl (C=O) groups is 2. The molecule has 1 fully saturated rings. The van der Waals surface area contributed by atoms with Crippen molar-refractivity contribution >= 4 is 45.3 Å². The van der Waals surface area contributed by atoms with E-state index < -0.39 is 0 Å². The molecular weight excluding hydrogens is 388 g/mol. The number of nitrogens with zero attached hydrogens (tertiary/aromatic N) is 1. The van der Waals surface area contributed by atoms with Crippen molar-refractivity contribution in [2.45, 2.75) is 32.6 Å². The molecule has 1 aliphatic rings. The number of ether oxygens (including phenoxy) is 1. The van der Waals surface area contributed by atoms with E-state index in [1.165, 1.54) is 0 Å². The van der Waals surface area contributed by atoms with Gasteiger partial charge in [0.15, 0.2) is 0 Å². The Hall–Kier alpha value is -2.53. The van der Waals surface area contributed by atoms with Crippen LogP contribution in [-0.4, -0.2) is 41.5 Å². The number of likely N-dealkylation sites (tertiary alicyclic amines) is 1. The highest BCUT2D eigenvalue weighted by Gasteiger charge is 2.30. The van der Waals surface area contributed by atoms with Crippen LogP contribution in [0, 0.1) is 5.92 Å². The number of piperidine rings is 1. The Balaban J connectivity index is 1.49. The van der Waals surface area contributed by atoms with E-state index in [2.05, 4.69) is 17.1 Å². The van der Waals surface area contributed by atoms with Crippen molar-refractivity contribution in [3.63, 3.8) is 0 Å². The van der Waals surface area contributed by atoms with E-state index >= 15 is 0 Å². The zero-order valence-corrected chi connectivity index (χ0v) is 17.5. The number of nitrogens with one attached hydrogen (secondary N) is 1. The minimum Gasteiger partial charge on any atom is -0.466 e. The van der Waals surface area contributed by atoms with E-state index in [1.807, 2.05) is 43.0 Å². The first-order chi connectivity index (χ1) is 14.0. The molecular formula is C23H25ClN2O3. The number of carbonyl (C=O) groups excluding carboxylic acids is 2. The molecule has 3 aromatic rings. The van der Waals surface area contributed by atoms with Crippen LogP contribution in [-0.2, 0) is 14.3 Å². The highest BCUT2D eigenvalue weighted by molar-refractivity contribution is 6.31. The van der Waals surface area contributed by atoms with E-state index in [4.69, 9.17) is 16.3 Å². The first-order valence-electron chi connectivity index (χ1n) is 10.1. The van der Waals surface area contributed by atoms with Gasteiger partial charge in [0.25, 0.3) is 0 Å². The van der Waals surface area contributed by atoms with Gasteiger partial charge < -0.3 is 14.6 Å². The number of H-pyrrole nitrogens is 1. The topological polar surface area (TPSA) is 62.4 Å². The number of halogens is 1. The van der Waals surface area contributed by atoms with Gasteiger partial charge in [-0.05, 0) is 56.5 Å². The molecule has 2 heterocycles. The third-order valence-electron chi connectivity index (χ3n) is 5.88. The highest BCUT2D eigenvalue weighted by atomic mass is 35.5. The number of esters is 1. The van der Waals surface area contributed by atoms with Crippen LogP contribution in [0.3, 0.4) is 0 Å². The maximum atomic E-state index is 13.0. The molecule has 0 unspecified atom stereocenters. The predicted molar refractivity (Wildman–Crippen MR) is 115 cm³/mol. The Bertz CT molecular complexity index is 1070. The van der Waals surface area contributed by atoms with E-state index in [0.717, 1.165) is 27.4 Å². The van der Waals surface area contributed by atoms with Crippen LogP contribution in [0.4, 0.5) is 0 Å². The summed E-state index contributed by atoms with van der Waals surface area (Å²) >= 11 is 6.14. The van der Waals surface area contributed by atoms with Crippen molar-refractivity contribution in [2.75, 3.05) is 19.7 Å². The monoisotopic (exact) mass is 412 g/mol. The molecule has 29 heavy (non-hydrogen) atoms. The fourth-order valence-corrected chi connectivity index (χ4v) is 4.35. The van der Waals surface area contributed by atoms with Crippen molar-refractivity contribution in [3.8, 4) is 0 Å². The summed E-state index contributed by atoms with van der Waals surface area (Å²) in [6.07, 6.45) is 1.33. The molecule has 1 aromatic heterocycles. The fourth-order valence-electron chi connectivity index (χ4n) is 4.18. The third-order valence-corrected chi connectivity index (χ3v) is 6.12. The maximum Gasteiger partial charge on any atom is 0.309 e. The van der Waals surface area contributed by atoms with Gasteiger partial charge in [-0.1, -0.05) is 23.7 Å². The van der Waals surface area contributed by atoms with Crippen molar-refractivity contribution in [2.24, 2.45) is 5.92 Å². The first kappa shape index (κ1) is 19.8. The summed E-state index contributed by atoms with van der Waals surface area (Å²) in [4.78, 5) is 30.2. The average molecular weight is 413 g/mol. The smallest absolute Gasteiger partial charge is 0.309 e. The number of benzene rings is 2. The summed E-state index contributed by atoms with van der Waals surface area (Å²) in [5, 5.41) is 2.89. The lowest BCUT2D eigenvalue weighted by Crippen LogP contribution is -2.42. The molecule has 0 radical (unpaired) electrons. The average Bonchev–Trinajstić information content (AvgIpc) is 3.10. The molecule has 0 bridgehead atoms. The Labute approximate surface area is 175 Å². The molecule has 0 aliphatic carbocycles. The summed E-state index contributed by atoms with van der Waals surface area (Å²) in [5.41, 5.74) is 3.01. The second-order valence-corrected chi connectivity index (χ2v) is 8.13. The molecule has 0 spiro atoms. The molecule has 1 aliphatic heterocycles. The standard InChI is InChI=1S/C23H25ClN2O3/c1-3-29-23(28)15-8-10-26(11-9-15)22(27)14(2)16-4-6-18-19-13-17(24)5-7-20(19)25-21(18)12-16/h4-7,12-15,25H,3,8-11H2,1-2H3/t14-/m0/s1. The van der Waals surface area contributed by atoms with Gasteiger partial charge in [0, 0.05) is 39.9 Å². The van der Waals surface area contributed by atoms with Gasteiger partial charge in [-0.25, -0.2) is 0 Å². The van der Waals surface area contributed by atoms with Gasteiger partial charge in [0.05, 0.1) is 18.4 Å². The molecule has 1 atom stereocenters. The maximum absolute atomic E-state index is 13.0. The summed E-state index contributed by atoms with van der Waals surface area (Å²) in [6, 6.07) is 11.9. The van der Waals surface area contributed by atoms with E-state index in [1.54, 1.807) is 0 Å². The zero-order chi connectivity index (χ0) is 20.5. The van der Waals surface area contributed by atoms with Crippen molar-refractivity contribution in [1.29, 1.82) is 0 Å². The first-order valence-corrected chi connectivity index (χ1v) is 10.5. The molecule has 2 aromatic carbocycles. The lowest BCUT2D eigenvalue weighted by Gasteiger charge is -2.32. The van der Waals surface area contributed by atoms with Gasteiger partial charge in [-0.2, -0.15) is 0 Å². The van der Waals surface area contributed by atoms with Gasteiger partial charge in [0.1, 0.15) is 0 Å². The molecule has 0 saturated carbocycles. The lowest BCUT2D eigenvalue weighted by molar-refractivity contribution is -0.151. The van der Waals surface area contributed by atoms with Crippen LogP contribution in [0.5, 0.6) is 0 Å². The summed E-state index contributed by atoms with van der Waals surface area (Å²) < 4.78 is 5.11. The van der Waals surface area contributed by atoms with Crippen molar-refractivity contribution < 1.29 is 14.3 Å². The second-order valence-electron chi connectivity index (χ2n) is 7.69. The minimum atomic E-state index is -0.242. The SMILES string of the molecule is CCOC(=O)C1CCN(C(=O)[C@@H](C)c2ccc3c(c2)[nH]c2ccc(Cl)cc23)CC1. The van der Waals surface area contributed by atoms with Gasteiger partial charge in [-0.15, -0.1) is 0 Å². The number of hydrogen-bond acceptors (Lipinski definition) is 3. The molecule has 5 nitrogen and oxygen atoms in total. The number of rotatable bonds is 4. The summed E-state index contributed by atoms with van der Waals surface area (Å²) in [7, 11) is 0. The molecule has 152 valence electrons. The number of aromatic nitrogens is 1. The molecule has 1 saturated heterocycles. The summed E-state index contributed by atoms with van der Waals surface area (Å²) in [6.45, 7) is 5.36. The lowest BCUT2D eigenvalue weighted by atomic mass is 9.93. The quantitative estimate of drug-likeness (QED) is 0.621. The van der Waals surface area contributed by atoms with Crippen LogP contribution in [0.2, 0.25) is 5.02 Å². The number of amides is 1. The number of hydrogen-bond donors (Lipinski definition) is 1. The van der Waals surface area contributed by atoms with Gasteiger partial charge in [-0.3, -0.25) is 9.59 Å². The minimum absolute atomic E-state index is 0.0937. The second kappa shape index (κ2) is 8.07. The van der Waals surface area contributed by atoms with E-state index in [-0.39, 0.29) is 23.7 Å². The van der Waals surface area contributed by atoms with E-state index in [9.17, 15) is 9.59 Å². The number of fused-ring (bicyclic) bond motifs is 3. The predicted octanol–water partition coefficient (Wildman–Crippen LogP) is 4.88. The van der Waals surface area contributed by atoms with Crippen molar-refractivity contribution in [1.82, 2.24) is 9.88 Å². The zero-order valence-electron chi connectivity index (χ0n) is 16.7. The molecule has 4 rings (SSSR count). The largest absolute Gasteiger partial charge is 0.466 e. The van der Waals surface area contributed by atoms with E-state index in [0.29, 0.717) is 37.6 Å². The molecule has 6 heteroatoms. The van der Waals surface area contributed by atoms with Crippen LogP contribution >= 0.6 is 11.6 Å². The van der Waals surface area contributed by atoms with Crippen LogP contribution < -0.4 is 0 Å². The van der Waals surface area contributed by atoms with Crippen LogP contribution in [0.15, 0.2) is 36.4 Å². The fraction of sp³-hybridized carbons (Fsp3) is 0.391. The van der Waals surface area contributed by atoms with Crippen molar-refractivity contribution in [3.05, 3.63) is 47.0 Å². The van der Waals surface area contributed by atoms with Gasteiger partial charge >= 0.3 is 5.97 Å². The van der Waals surface area contributed by atoms with Crippen LogP contribution in [0.1, 0.15) is 38.2 Å².